The monoisotopic (exact) mass is 617 g/mol. The number of alkyl halides is 3. The summed E-state index contributed by atoms with van der Waals surface area (Å²) in [6, 6.07) is 4.77. The van der Waals surface area contributed by atoms with Crippen LogP contribution in [0, 0.1) is 0 Å². The Labute approximate surface area is 258 Å². The Bertz CT molecular complexity index is 1300. The molecule has 13 heteroatoms. The number of piperazine rings is 1. The van der Waals surface area contributed by atoms with Gasteiger partial charge in [0.05, 0.1) is 11.3 Å². The highest BCUT2D eigenvalue weighted by atomic mass is 19.4. The van der Waals surface area contributed by atoms with Crippen LogP contribution in [0.5, 0.6) is 0 Å². The molecule has 2 aromatic rings. The lowest BCUT2D eigenvalue weighted by Crippen LogP contribution is -2.52. The summed E-state index contributed by atoms with van der Waals surface area (Å²) in [4.78, 5) is 30.6. The van der Waals surface area contributed by atoms with Crippen molar-refractivity contribution in [2.24, 2.45) is 5.73 Å². The lowest BCUT2D eigenvalue weighted by atomic mass is 10.00. The van der Waals surface area contributed by atoms with Gasteiger partial charge in [0.25, 0.3) is 5.91 Å². The van der Waals surface area contributed by atoms with E-state index in [0.717, 1.165) is 71.0 Å². The average molecular weight is 618 g/mol. The summed E-state index contributed by atoms with van der Waals surface area (Å²) in [7, 11) is 4.20. The Morgan fingerprint density at radius 1 is 0.909 bits per heavy atom. The summed E-state index contributed by atoms with van der Waals surface area (Å²) in [5, 5.41) is 6.43. The van der Waals surface area contributed by atoms with E-state index in [-0.39, 0.29) is 34.8 Å². The minimum absolute atomic E-state index is 0.0335. The number of halogens is 3. The number of amides is 1. The predicted octanol–water partition coefficient (Wildman–Crippen LogP) is 4.18. The van der Waals surface area contributed by atoms with E-state index < -0.39 is 17.6 Å². The number of nitrogens with one attached hydrogen (secondary N) is 2. The van der Waals surface area contributed by atoms with Gasteiger partial charge >= 0.3 is 6.18 Å². The van der Waals surface area contributed by atoms with E-state index in [0.29, 0.717) is 30.6 Å². The minimum Gasteiger partial charge on any atom is -0.371 e. The number of nitrogens with zero attached hydrogens (tertiary/aromatic N) is 6. The molecule has 0 saturated carbocycles. The predicted molar refractivity (Wildman–Crippen MR) is 168 cm³/mol. The molecule has 242 valence electrons. The Hall–Kier alpha value is -3.16. The molecule has 0 radical (unpaired) electrons. The highest BCUT2D eigenvalue weighted by Gasteiger charge is 2.37. The van der Waals surface area contributed by atoms with Crippen LogP contribution in [0.15, 0.2) is 18.2 Å². The Morgan fingerprint density at radius 2 is 1.55 bits per heavy atom. The van der Waals surface area contributed by atoms with Crippen LogP contribution in [-0.2, 0) is 6.18 Å². The number of anilines is 4. The lowest BCUT2D eigenvalue weighted by molar-refractivity contribution is -0.137. The summed E-state index contributed by atoms with van der Waals surface area (Å²) in [5.41, 5.74) is 5.77. The Morgan fingerprint density at radius 3 is 2.14 bits per heavy atom. The highest BCUT2D eigenvalue weighted by Crippen LogP contribution is 2.40. The zero-order valence-corrected chi connectivity index (χ0v) is 26.3. The average Bonchev–Trinajstić information content (AvgIpc) is 2.98. The van der Waals surface area contributed by atoms with Crippen molar-refractivity contribution in [3.63, 3.8) is 0 Å². The number of rotatable bonds is 8. The van der Waals surface area contributed by atoms with E-state index in [2.05, 4.69) is 49.4 Å². The maximum Gasteiger partial charge on any atom is 0.418 e. The van der Waals surface area contributed by atoms with Crippen LogP contribution in [-0.4, -0.2) is 109 Å². The maximum absolute atomic E-state index is 14.4. The fourth-order valence-corrected chi connectivity index (χ4v) is 6.47. The number of likely N-dealkylation sites (N-methyl/N-ethyl adjacent to an activating group) is 1. The first kappa shape index (κ1) is 32.2. The van der Waals surface area contributed by atoms with Gasteiger partial charge in [-0.05, 0) is 77.0 Å². The zero-order valence-electron chi connectivity index (χ0n) is 26.3. The Kier molecular flexibility index (Phi) is 9.86. The molecule has 0 spiro atoms. The third kappa shape index (κ3) is 7.55. The van der Waals surface area contributed by atoms with E-state index in [9.17, 15) is 18.0 Å². The van der Waals surface area contributed by atoms with Crippen molar-refractivity contribution in [3.8, 4) is 0 Å². The van der Waals surface area contributed by atoms with Gasteiger partial charge < -0.3 is 31.1 Å². The largest absolute Gasteiger partial charge is 0.418 e. The van der Waals surface area contributed by atoms with Gasteiger partial charge in [-0.25, -0.2) is 9.97 Å². The number of primary amides is 1. The van der Waals surface area contributed by atoms with Crippen molar-refractivity contribution in [1.29, 1.82) is 0 Å². The van der Waals surface area contributed by atoms with E-state index in [1.807, 2.05) is 18.7 Å². The molecule has 1 aromatic heterocycles. The first-order valence-corrected chi connectivity index (χ1v) is 15.7. The van der Waals surface area contributed by atoms with Gasteiger partial charge in [0.1, 0.15) is 0 Å². The molecule has 44 heavy (non-hydrogen) atoms. The number of aromatic nitrogens is 2. The topological polar surface area (TPSA) is 106 Å². The molecule has 0 bridgehead atoms. The first-order chi connectivity index (χ1) is 20.9. The number of benzene rings is 1. The van der Waals surface area contributed by atoms with Gasteiger partial charge in [-0.2, -0.15) is 13.2 Å². The molecule has 4 N–H and O–H groups in total. The number of nitrogens with two attached hydrogens (primary N) is 1. The second-order valence-electron chi connectivity index (χ2n) is 12.8. The fraction of sp³-hybridized carbons (Fsp3) is 0.645. The molecule has 3 fully saturated rings. The molecular formula is C31H46F3N9O. The van der Waals surface area contributed by atoms with Gasteiger partial charge in [-0.15, -0.1) is 0 Å². The van der Waals surface area contributed by atoms with Crippen molar-refractivity contribution >= 4 is 28.9 Å². The normalized spacial score (nSPS) is 20.3. The van der Waals surface area contributed by atoms with E-state index >= 15 is 0 Å². The van der Waals surface area contributed by atoms with Crippen molar-refractivity contribution < 1.29 is 18.0 Å². The van der Waals surface area contributed by atoms with Crippen molar-refractivity contribution in [1.82, 2.24) is 24.7 Å². The van der Waals surface area contributed by atoms with Crippen molar-refractivity contribution in [2.45, 2.75) is 63.7 Å². The van der Waals surface area contributed by atoms with Crippen LogP contribution in [0.3, 0.4) is 0 Å². The molecule has 0 atom stereocenters. The van der Waals surface area contributed by atoms with Gasteiger partial charge in [0.15, 0.2) is 17.3 Å². The van der Waals surface area contributed by atoms with Gasteiger partial charge in [0, 0.05) is 62.7 Å². The smallest absolute Gasteiger partial charge is 0.371 e. The standard InChI is InChI=1S/C31H46F3N9O/c1-20(2)26-29(36-21-7-11-40(3)12-8-21)39-30(27(38-26)28(35)44)37-22-5-6-25(24(19-22)31(32,33)34)43-13-9-23(10-14-43)42-17-15-41(4)16-18-42/h5-6,19-21,23H,7-18H2,1-4H3,(H2,35,44)(H2,36,37,39). The third-order valence-electron chi connectivity index (χ3n) is 9.19. The molecule has 0 unspecified atom stereocenters. The SMILES string of the molecule is CC(C)c1nc(C(N)=O)c(Nc2ccc(N3CCC(N4CCN(C)CC4)CC3)c(C(F)(F)F)c2)nc1NC1CCN(C)CC1. The summed E-state index contributed by atoms with van der Waals surface area (Å²) in [6.45, 7) is 10.9. The summed E-state index contributed by atoms with van der Waals surface area (Å²) < 4.78 is 43.3. The van der Waals surface area contributed by atoms with Crippen LogP contribution in [0.2, 0.25) is 0 Å². The number of carbonyl (C=O) groups is 1. The van der Waals surface area contributed by atoms with Crippen LogP contribution >= 0.6 is 0 Å². The number of carbonyl (C=O) groups excluding carboxylic acids is 1. The van der Waals surface area contributed by atoms with Crippen LogP contribution in [0.25, 0.3) is 0 Å². The third-order valence-corrected chi connectivity index (χ3v) is 9.19. The molecule has 5 rings (SSSR count). The molecule has 0 aliphatic carbocycles. The molecule has 3 aliphatic heterocycles. The molecule has 10 nitrogen and oxygen atoms in total. The number of likely N-dealkylation sites (tertiary alicyclic amines) is 1. The van der Waals surface area contributed by atoms with Gasteiger partial charge in [-0.1, -0.05) is 13.8 Å². The summed E-state index contributed by atoms with van der Waals surface area (Å²) in [5.74, 6) is -0.312. The van der Waals surface area contributed by atoms with Crippen molar-refractivity contribution in [2.75, 3.05) is 82.0 Å². The van der Waals surface area contributed by atoms with Crippen LogP contribution in [0.1, 0.15) is 67.2 Å². The maximum atomic E-state index is 14.4. The van der Waals surface area contributed by atoms with E-state index in [4.69, 9.17) is 5.73 Å². The molecular weight excluding hydrogens is 571 g/mol. The van der Waals surface area contributed by atoms with Crippen molar-refractivity contribution in [3.05, 3.63) is 35.2 Å². The second-order valence-corrected chi connectivity index (χ2v) is 12.8. The zero-order chi connectivity index (χ0) is 31.6. The van der Waals surface area contributed by atoms with E-state index in [1.165, 1.54) is 6.07 Å². The van der Waals surface area contributed by atoms with Gasteiger partial charge in [-0.3, -0.25) is 9.69 Å². The molecule has 1 aromatic carbocycles. The molecule has 1 amide bonds. The number of piperidine rings is 2. The minimum atomic E-state index is -4.57. The number of hydrogen-bond acceptors (Lipinski definition) is 9. The molecule has 3 saturated heterocycles. The quantitative estimate of drug-likeness (QED) is 0.402. The second kappa shape index (κ2) is 13.5. The van der Waals surface area contributed by atoms with Crippen LogP contribution in [0.4, 0.5) is 36.2 Å². The first-order valence-electron chi connectivity index (χ1n) is 15.7. The molecule has 3 aliphatic rings. The lowest BCUT2D eigenvalue weighted by Gasteiger charge is -2.43. The van der Waals surface area contributed by atoms with Crippen LogP contribution < -0.4 is 21.3 Å². The summed E-state index contributed by atoms with van der Waals surface area (Å²) >= 11 is 0. The van der Waals surface area contributed by atoms with Gasteiger partial charge in [0.2, 0.25) is 0 Å². The van der Waals surface area contributed by atoms with E-state index in [1.54, 1.807) is 6.07 Å². The summed E-state index contributed by atoms with van der Waals surface area (Å²) in [6.07, 6.45) is -1.08. The Balaban J connectivity index is 1.38. The number of hydrogen-bond donors (Lipinski definition) is 3. The fourth-order valence-electron chi connectivity index (χ4n) is 6.47. The molecule has 4 heterocycles. The highest BCUT2D eigenvalue weighted by molar-refractivity contribution is 5.96.